The van der Waals surface area contributed by atoms with Gasteiger partial charge in [0.2, 0.25) is 0 Å². The zero-order chi connectivity index (χ0) is 23.6. The molecule has 1 aliphatic rings. The predicted octanol–water partition coefficient (Wildman–Crippen LogP) is 6.66. The maximum atomic E-state index is 11.4. The SMILES string of the molecule is Cc1ccc(Oc2nc3cc(-c4ccc5c(c4)c4c(n5C)CCC4)c(Cl)cc3[nH]2)cc1C(=O)O. The van der Waals surface area contributed by atoms with Gasteiger partial charge in [0.05, 0.1) is 21.6 Å². The van der Waals surface area contributed by atoms with Gasteiger partial charge >= 0.3 is 5.97 Å². The summed E-state index contributed by atoms with van der Waals surface area (Å²) in [5.41, 5.74) is 8.43. The molecule has 0 unspecified atom stereocenters. The quantitative estimate of drug-likeness (QED) is 0.307. The van der Waals surface area contributed by atoms with E-state index < -0.39 is 5.97 Å². The van der Waals surface area contributed by atoms with Gasteiger partial charge in [-0.25, -0.2) is 4.79 Å². The van der Waals surface area contributed by atoms with E-state index in [9.17, 15) is 9.90 Å². The third kappa shape index (κ3) is 3.25. The minimum Gasteiger partial charge on any atom is -0.478 e. The van der Waals surface area contributed by atoms with Crippen LogP contribution >= 0.6 is 11.6 Å². The Hall–Kier alpha value is -3.77. The van der Waals surface area contributed by atoms with Gasteiger partial charge in [0.1, 0.15) is 5.75 Å². The minimum atomic E-state index is -0.995. The van der Waals surface area contributed by atoms with E-state index in [4.69, 9.17) is 16.3 Å². The summed E-state index contributed by atoms with van der Waals surface area (Å²) in [6, 6.07) is 15.5. The Morgan fingerprint density at radius 3 is 2.82 bits per heavy atom. The highest BCUT2D eigenvalue weighted by atomic mass is 35.5. The van der Waals surface area contributed by atoms with Crippen molar-refractivity contribution in [1.82, 2.24) is 14.5 Å². The Labute approximate surface area is 200 Å². The van der Waals surface area contributed by atoms with E-state index in [2.05, 4.69) is 39.8 Å². The second-order valence-corrected chi connectivity index (χ2v) is 9.25. The van der Waals surface area contributed by atoms with Crippen molar-refractivity contribution >= 4 is 39.5 Å². The van der Waals surface area contributed by atoms with Crippen LogP contribution in [0.15, 0.2) is 48.5 Å². The van der Waals surface area contributed by atoms with Crippen LogP contribution in [0.3, 0.4) is 0 Å². The van der Waals surface area contributed by atoms with Crippen LogP contribution in [0, 0.1) is 6.92 Å². The molecular weight excluding hydrogens is 450 g/mol. The average molecular weight is 472 g/mol. The molecule has 0 saturated heterocycles. The highest BCUT2D eigenvalue weighted by Crippen LogP contribution is 2.38. The number of H-pyrrole nitrogens is 1. The molecule has 170 valence electrons. The molecule has 6 nitrogen and oxygen atoms in total. The molecule has 0 spiro atoms. The lowest BCUT2D eigenvalue weighted by atomic mass is 10.0. The maximum absolute atomic E-state index is 11.4. The monoisotopic (exact) mass is 471 g/mol. The van der Waals surface area contributed by atoms with Crippen molar-refractivity contribution in [3.05, 3.63) is 75.9 Å². The van der Waals surface area contributed by atoms with E-state index in [1.165, 1.54) is 34.6 Å². The fraction of sp³-hybridized carbons (Fsp3) is 0.185. The summed E-state index contributed by atoms with van der Waals surface area (Å²) in [6.45, 7) is 1.75. The zero-order valence-corrected chi connectivity index (χ0v) is 19.5. The van der Waals surface area contributed by atoms with E-state index in [0.717, 1.165) is 35.0 Å². The third-order valence-corrected chi connectivity index (χ3v) is 7.10. The Balaban J connectivity index is 1.38. The highest BCUT2D eigenvalue weighted by Gasteiger charge is 2.20. The number of aromatic nitrogens is 3. The molecule has 34 heavy (non-hydrogen) atoms. The second kappa shape index (κ2) is 7.64. The molecule has 0 aliphatic heterocycles. The molecular formula is C27H22ClN3O3. The lowest BCUT2D eigenvalue weighted by Gasteiger charge is -2.07. The number of fused-ring (bicyclic) bond motifs is 4. The van der Waals surface area contributed by atoms with Crippen molar-refractivity contribution in [3.8, 4) is 22.9 Å². The van der Waals surface area contributed by atoms with E-state index in [0.29, 0.717) is 16.3 Å². The maximum Gasteiger partial charge on any atom is 0.336 e. The van der Waals surface area contributed by atoms with Crippen molar-refractivity contribution in [2.24, 2.45) is 7.05 Å². The van der Waals surface area contributed by atoms with Crippen LogP contribution in [0.4, 0.5) is 0 Å². The molecule has 0 atom stereocenters. The molecule has 1 aliphatic carbocycles. The number of hydrogen-bond donors (Lipinski definition) is 2. The molecule has 2 aromatic heterocycles. The highest BCUT2D eigenvalue weighted by molar-refractivity contribution is 6.34. The van der Waals surface area contributed by atoms with Gasteiger partial charge in [0.15, 0.2) is 0 Å². The number of carbonyl (C=O) groups is 1. The molecule has 0 amide bonds. The van der Waals surface area contributed by atoms with Crippen LogP contribution in [-0.4, -0.2) is 25.6 Å². The number of ether oxygens (including phenoxy) is 1. The number of carboxylic acids is 1. The number of halogens is 1. The van der Waals surface area contributed by atoms with Gasteiger partial charge in [-0.2, -0.15) is 4.98 Å². The predicted molar refractivity (Wildman–Crippen MR) is 133 cm³/mol. The van der Waals surface area contributed by atoms with Gasteiger partial charge in [-0.05, 0) is 79.3 Å². The number of rotatable bonds is 4. The normalized spacial score (nSPS) is 13.0. The molecule has 2 heterocycles. The summed E-state index contributed by atoms with van der Waals surface area (Å²) in [5, 5.41) is 11.3. The van der Waals surface area contributed by atoms with Crippen LogP contribution in [0.25, 0.3) is 33.1 Å². The van der Waals surface area contributed by atoms with Crippen LogP contribution in [0.2, 0.25) is 5.02 Å². The fourth-order valence-electron chi connectivity index (χ4n) is 5.05. The number of benzene rings is 3. The zero-order valence-electron chi connectivity index (χ0n) is 18.8. The lowest BCUT2D eigenvalue weighted by molar-refractivity contribution is 0.0695. The lowest BCUT2D eigenvalue weighted by Crippen LogP contribution is -2.00. The second-order valence-electron chi connectivity index (χ2n) is 8.84. The summed E-state index contributed by atoms with van der Waals surface area (Å²) < 4.78 is 8.14. The van der Waals surface area contributed by atoms with Crippen molar-refractivity contribution in [2.45, 2.75) is 26.2 Å². The minimum absolute atomic E-state index is 0.196. The Bertz CT molecular complexity index is 1630. The number of aryl methyl sites for hydroxylation is 3. The first-order valence-electron chi connectivity index (χ1n) is 11.2. The van der Waals surface area contributed by atoms with Gasteiger partial charge in [-0.3, -0.25) is 0 Å². The van der Waals surface area contributed by atoms with Gasteiger partial charge in [0.25, 0.3) is 6.01 Å². The molecule has 6 rings (SSSR count). The Morgan fingerprint density at radius 2 is 2.00 bits per heavy atom. The number of aromatic amines is 1. The molecule has 7 heteroatoms. The smallest absolute Gasteiger partial charge is 0.336 e. The van der Waals surface area contributed by atoms with Gasteiger partial charge in [0, 0.05) is 29.2 Å². The van der Waals surface area contributed by atoms with E-state index in [-0.39, 0.29) is 11.6 Å². The van der Waals surface area contributed by atoms with Crippen molar-refractivity contribution in [1.29, 1.82) is 0 Å². The summed E-state index contributed by atoms with van der Waals surface area (Å²) in [7, 11) is 2.14. The topological polar surface area (TPSA) is 80.1 Å². The van der Waals surface area contributed by atoms with Gasteiger partial charge < -0.3 is 19.4 Å². The third-order valence-electron chi connectivity index (χ3n) is 6.79. The van der Waals surface area contributed by atoms with Crippen LogP contribution in [0.5, 0.6) is 11.8 Å². The Morgan fingerprint density at radius 1 is 1.15 bits per heavy atom. The number of nitrogens with zero attached hydrogens (tertiary/aromatic N) is 2. The molecule has 0 bridgehead atoms. The van der Waals surface area contributed by atoms with Crippen LogP contribution in [0.1, 0.15) is 33.6 Å². The number of hydrogen-bond acceptors (Lipinski definition) is 3. The van der Waals surface area contributed by atoms with Gasteiger partial charge in [-0.15, -0.1) is 0 Å². The van der Waals surface area contributed by atoms with Crippen LogP contribution in [-0.2, 0) is 19.9 Å². The average Bonchev–Trinajstić information content (AvgIpc) is 3.50. The first-order chi connectivity index (χ1) is 16.4. The van der Waals surface area contributed by atoms with Crippen molar-refractivity contribution in [3.63, 3.8) is 0 Å². The molecule has 0 radical (unpaired) electrons. The number of carboxylic acid groups (broad SMARTS) is 1. The summed E-state index contributed by atoms with van der Waals surface area (Å²) in [5.74, 6) is -0.596. The number of imidazole rings is 1. The van der Waals surface area contributed by atoms with E-state index >= 15 is 0 Å². The van der Waals surface area contributed by atoms with Crippen LogP contribution < -0.4 is 4.74 Å². The van der Waals surface area contributed by atoms with E-state index in [1.54, 1.807) is 19.1 Å². The summed E-state index contributed by atoms with van der Waals surface area (Å²) in [6.07, 6.45) is 3.45. The molecule has 5 aromatic rings. The summed E-state index contributed by atoms with van der Waals surface area (Å²) >= 11 is 6.69. The first kappa shape index (κ1) is 20.8. The largest absolute Gasteiger partial charge is 0.478 e. The van der Waals surface area contributed by atoms with Crippen molar-refractivity contribution < 1.29 is 14.6 Å². The standard InChI is InChI=1S/C27H22ClN3O3/c1-14-6-8-16(11-18(14)26(32)33)34-27-29-22-12-19(21(28)13-23(22)30-27)15-7-9-25-20(10-15)17-4-3-5-24(17)31(25)2/h6-13H,3-5H2,1-2H3,(H,29,30)(H,32,33). The molecule has 2 N–H and O–H groups in total. The van der Waals surface area contributed by atoms with Crippen molar-refractivity contribution in [2.75, 3.05) is 0 Å². The fourth-order valence-corrected chi connectivity index (χ4v) is 5.33. The molecule has 0 fully saturated rings. The Kier molecular flexibility index (Phi) is 4.67. The summed E-state index contributed by atoms with van der Waals surface area (Å²) in [4.78, 5) is 19.1. The molecule has 3 aromatic carbocycles. The first-order valence-corrected chi connectivity index (χ1v) is 11.6. The van der Waals surface area contributed by atoms with E-state index in [1.807, 2.05) is 12.1 Å². The van der Waals surface area contributed by atoms with Gasteiger partial charge in [-0.1, -0.05) is 23.7 Å². The number of aromatic carboxylic acids is 1. The molecule has 0 saturated carbocycles. The number of nitrogens with one attached hydrogen (secondary N) is 1.